The summed E-state index contributed by atoms with van der Waals surface area (Å²) in [6, 6.07) is 7.94. The van der Waals surface area contributed by atoms with Crippen molar-refractivity contribution in [2.45, 2.75) is 18.9 Å². The molecule has 1 atom stereocenters. The van der Waals surface area contributed by atoms with Gasteiger partial charge >= 0.3 is 0 Å². The summed E-state index contributed by atoms with van der Waals surface area (Å²) in [6.07, 6.45) is 1.92. The summed E-state index contributed by atoms with van der Waals surface area (Å²) in [6.45, 7) is 3.48. The van der Waals surface area contributed by atoms with Crippen LogP contribution in [0, 0.1) is 0 Å². The summed E-state index contributed by atoms with van der Waals surface area (Å²) >= 11 is 0. The van der Waals surface area contributed by atoms with Crippen LogP contribution >= 0.6 is 0 Å². The first-order valence-corrected chi connectivity index (χ1v) is 7.19. The lowest BCUT2D eigenvalue weighted by Crippen LogP contribution is -2.39. The second-order valence-electron chi connectivity index (χ2n) is 5.13. The predicted octanol–water partition coefficient (Wildman–Crippen LogP) is 1.64. The third-order valence-corrected chi connectivity index (χ3v) is 3.72. The molecule has 1 aromatic rings. The van der Waals surface area contributed by atoms with Crippen molar-refractivity contribution < 1.29 is 14.3 Å². The highest BCUT2D eigenvalue weighted by Crippen LogP contribution is 2.28. The van der Waals surface area contributed by atoms with Gasteiger partial charge in [-0.15, -0.1) is 0 Å². The molecule has 5 heteroatoms. The molecule has 0 aliphatic carbocycles. The van der Waals surface area contributed by atoms with Gasteiger partial charge in [-0.05, 0) is 25.0 Å². The Hall–Kier alpha value is -1.59. The lowest BCUT2D eigenvalue weighted by Gasteiger charge is -2.25. The number of ether oxygens (including phenoxy) is 2. The summed E-state index contributed by atoms with van der Waals surface area (Å²) in [7, 11) is 0. The number of nitrogens with zero attached hydrogens (tertiary/aromatic N) is 1. The first-order chi connectivity index (χ1) is 9.84. The molecule has 0 saturated carbocycles. The van der Waals surface area contributed by atoms with Gasteiger partial charge in [-0.3, -0.25) is 4.79 Å². The molecule has 0 aromatic heterocycles. The van der Waals surface area contributed by atoms with Crippen molar-refractivity contribution in [2.75, 3.05) is 43.1 Å². The molecule has 1 amide bonds. The number of carbonyl (C=O) groups is 1. The Bertz CT molecular complexity index is 466. The van der Waals surface area contributed by atoms with Crippen LogP contribution in [0.5, 0.6) is 0 Å². The van der Waals surface area contributed by atoms with Gasteiger partial charge < -0.3 is 19.7 Å². The third-order valence-electron chi connectivity index (χ3n) is 3.72. The van der Waals surface area contributed by atoms with Crippen LogP contribution in [-0.2, 0) is 14.3 Å². The Morgan fingerprint density at radius 1 is 1.20 bits per heavy atom. The predicted molar refractivity (Wildman–Crippen MR) is 77.1 cm³/mol. The number of rotatable bonds is 3. The van der Waals surface area contributed by atoms with Crippen LogP contribution in [-0.4, -0.2) is 44.9 Å². The van der Waals surface area contributed by atoms with E-state index in [0.29, 0.717) is 19.8 Å². The molecule has 3 rings (SSSR count). The number of anilines is 2. The summed E-state index contributed by atoms with van der Waals surface area (Å²) in [5, 5.41) is 2.97. The van der Waals surface area contributed by atoms with Gasteiger partial charge in [0.2, 0.25) is 0 Å². The Kier molecular flexibility index (Phi) is 4.18. The van der Waals surface area contributed by atoms with Gasteiger partial charge in [0.1, 0.15) is 0 Å². The maximum Gasteiger partial charge on any atom is 0.255 e. The zero-order valence-corrected chi connectivity index (χ0v) is 11.5. The molecule has 0 bridgehead atoms. The summed E-state index contributed by atoms with van der Waals surface area (Å²) in [5.74, 6) is -0.128. The van der Waals surface area contributed by atoms with Gasteiger partial charge in [-0.2, -0.15) is 0 Å². The smallest absolute Gasteiger partial charge is 0.255 e. The van der Waals surface area contributed by atoms with Crippen molar-refractivity contribution in [2.24, 2.45) is 0 Å². The number of carbonyl (C=O) groups excluding carboxylic acids is 1. The number of benzene rings is 1. The number of nitrogens with one attached hydrogen (secondary N) is 1. The maximum atomic E-state index is 12.2. The van der Waals surface area contributed by atoms with Crippen molar-refractivity contribution in [1.82, 2.24) is 0 Å². The average Bonchev–Trinajstić information content (AvgIpc) is 3.03. The van der Waals surface area contributed by atoms with Gasteiger partial charge in [-0.25, -0.2) is 0 Å². The van der Waals surface area contributed by atoms with Crippen molar-refractivity contribution in [1.29, 1.82) is 0 Å². The Balaban J connectivity index is 1.71. The molecule has 0 radical (unpaired) electrons. The number of para-hydroxylation sites is 2. The molecule has 1 N–H and O–H groups in total. The molecule has 2 fully saturated rings. The van der Waals surface area contributed by atoms with Crippen LogP contribution in [0.2, 0.25) is 0 Å². The van der Waals surface area contributed by atoms with Crippen molar-refractivity contribution in [3.8, 4) is 0 Å². The Morgan fingerprint density at radius 3 is 2.75 bits per heavy atom. The topological polar surface area (TPSA) is 50.8 Å². The van der Waals surface area contributed by atoms with E-state index in [4.69, 9.17) is 9.47 Å². The Morgan fingerprint density at radius 2 is 2.00 bits per heavy atom. The van der Waals surface area contributed by atoms with Crippen LogP contribution in [0.4, 0.5) is 11.4 Å². The van der Waals surface area contributed by atoms with Gasteiger partial charge in [-0.1, -0.05) is 12.1 Å². The lowest BCUT2D eigenvalue weighted by atomic mass is 10.2. The minimum Gasteiger partial charge on any atom is -0.376 e. The highest BCUT2D eigenvalue weighted by atomic mass is 16.6. The molecule has 5 nitrogen and oxygen atoms in total. The minimum atomic E-state index is -0.504. The second-order valence-corrected chi connectivity index (χ2v) is 5.13. The van der Waals surface area contributed by atoms with Crippen molar-refractivity contribution in [3.63, 3.8) is 0 Å². The van der Waals surface area contributed by atoms with Gasteiger partial charge in [0.25, 0.3) is 5.91 Å². The SMILES string of the molecule is O=C(Nc1ccccc1N1CCCC1)[C@@H]1COCCO1. The molecule has 108 valence electrons. The first kappa shape index (κ1) is 13.4. The van der Waals surface area contributed by atoms with Crippen molar-refractivity contribution in [3.05, 3.63) is 24.3 Å². The molecular weight excluding hydrogens is 256 g/mol. The van der Waals surface area contributed by atoms with E-state index in [1.165, 1.54) is 12.8 Å². The van der Waals surface area contributed by atoms with Gasteiger partial charge in [0.15, 0.2) is 6.10 Å². The van der Waals surface area contributed by atoms with Crippen LogP contribution in [0.1, 0.15) is 12.8 Å². The molecular formula is C15H20N2O3. The molecule has 0 unspecified atom stereocenters. The number of amides is 1. The van der Waals surface area contributed by atoms with E-state index in [0.717, 1.165) is 24.5 Å². The zero-order chi connectivity index (χ0) is 13.8. The summed E-state index contributed by atoms with van der Waals surface area (Å²) in [4.78, 5) is 14.5. The molecule has 2 aliphatic rings. The second kappa shape index (κ2) is 6.24. The molecule has 0 spiro atoms. The van der Waals surface area contributed by atoms with Crippen LogP contribution in [0.15, 0.2) is 24.3 Å². The molecule has 2 saturated heterocycles. The highest BCUT2D eigenvalue weighted by molar-refractivity contribution is 5.97. The Labute approximate surface area is 118 Å². The van der Waals surface area contributed by atoms with Crippen LogP contribution < -0.4 is 10.2 Å². The maximum absolute atomic E-state index is 12.2. The summed E-state index contributed by atoms with van der Waals surface area (Å²) < 4.78 is 10.7. The van der Waals surface area contributed by atoms with E-state index in [1.807, 2.05) is 18.2 Å². The fourth-order valence-electron chi connectivity index (χ4n) is 2.67. The first-order valence-electron chi connectivity index (χ1n) is 7.19. The third kappa shape index (κ3) is 2.94. The number of hydrogen-bond donors (Lipinski definition) is 1. The summed E-state index contributed by atoms with van der Waals surface area (Å²) in [5.41, 5.74) is 1.95. The number of hydrogen-bond acceptors (Lipinski definition) is 4. The molecule has 1 aromatic carbocycles. The molecule has 2 aliphatic heterocycles. The normalized spacial score (nSPS) is 22.8. The largest absolute Gasteiger partial charge is 0.376 e. The van der Waals surface area contributed by atoms with E-state index in [-0.39, 0.29) is 5.91 Å². The fourth-order valence-corrected chi connectivity index (χ4v) is 2.67. The zero-order valence-electron chi connectivity index (χ0n) is 11.5. The van der Waals surface area contributed by atoms with Gasteiger partial charge in [0, 0.05) is 13.1 Å². The standard InChI is InChI=1S/C15H20N2O3/c18-15(14-11-19-9-10-20-14)16-12-5-1-2-6-13(12)17-7-3-4-8-17/h1-2,5-6,14H,3-4,7-11H2,(H,16,18)/t14-/m0/s1. The monoisotopic (exact) mass is 276 g/mol. The average molecular weight is 276 g/mol. The fraction of sp³-hybridized carbons (Fsp3) is 0.533. The van der Waals surface area contributed by atoms with E-state index < -0.39 is 6.10 Å². The van der Waals surface area contributed by atoms with Crippen LogP contribution in [0.3, 0.4) is 0 Å². The van der Waals surface area contributed by atoms with E-state index in [9.17, 15) is 4.79 Å². The highest BCUT2D eigenvalue weighted by Gasteiger charge is 2.24. The van der Waals surface area contributed by atoms with Crippen molar-refractivity contribution >= 4 is 17.3 Å². The van der Waals surface area contributed by atoms with E-state index in [1.54, 1.807) is 0 Å². The molecule has 20 heavy (non-hydrogen) atoms. The lowest BCUT2D eigenvalue weighted by molar-refractivity contribution is -0.142. The van der Waals surface area contributed by atoms with Crippen LogP contribution in [0.25, 0.3) is 0 Å². The van der Waals surface area contributed by atoms with E-state index in [2.05, 4.69) is 16.3 Å². The van der Waals surface area contributed by atoms with E-state index >= 15 is 0 Å². The minimum absolute atomic E-state index is 0.128. The quantitative estimate of drug-likeness (QED) is 0.912. The molecule has 2 heterocycles. The van der Waals surface area contributed by atoms with Gasteiger partial charge in [0.05, 0.1) is 31.2 Å².